The SMILES string of the molecule is COc1ccc(-c2n[nH]c([C@H](N)c3ccccc3)n2)cc1. The summed E-state index contributed by atoms with van der Waals surface area (Å²) < 4.78 is 5.14. The number of methoxy groups -OCH3 is 1. The Morgan fingerprint density at radius 2 is 1.76 bits per heavy atom. The van der Waals surface area contributed by atoms with E-state index in [1.807, 2.05) is 54.6 Å². The van der Waals surface area contributed by atoms with Crippen molar-refractivity contribution in [3.63, 3.8) is 0 Å². The molecule has 0 aliphatic rings. The van der Waals surface area contributed by atoms with Crippen LogP contribution in [-0.2, 0) is 0 Å². The lowest BCUT2D eigenvalue weighted by Gasteiger charge is -2.07. The van der Waals surface area contributed by atoms with Crippen LogP contribution in [0, 0.1) is 0 Å². The molecule has 1 atom stereocenters. The second kappa shape index (κ2) is 5.76. The van der Waals surface area contributed by atoms with Crippen LogP contribution in [0.3, 0.4) is 0 Å². The van der Waals surface area contributed by atoms with Crippen molar-refractivity contribution in [2.45, 2.75) is 6.04 Å². The molecule has 106 valence electrons. The highest BCUT2D eigenvalue weighted by Crippen LogP contribution is 2.21. The first-order valence-electron chi connectivity index (χ1n) is 6.65. The second-order valence-electron chi connectivity index (χ2n) is 4.66. The number of benzene rings is 2. The first kappa shape index (κ1) is 13.3. The number of aromatic nitrogens is 3. The number of ether oxygens (including phenoxy) is 1. The van der Waals surface area contributed by atoms with Crippen molar-refractivity contribution in [3.8, 4) is 17.1 Å². The number of aromatic amines is 1. The molecular weight excluding hydrogens is 264 g/mol. The number of nitrogens with one attached hydrogen (secondary N) is 1. The first-order chi connectivity index (χ1) is 10.3. The van der Waals surface area contributed by atoms with Gasteiger partial charge in [0.05, 0.1) is 13.2 Å². The number of nitrogens with zero attached hydrogens (tertiary/aromatic N) is 2. The molecule has 0 bridgehead atoms. The van der Waals surface area contributed by atoms with E-state index in [1.165, 1.54) is 0 Å². The predicted octanol–water partition coefficient (Wildman–Crippen LogP) is 2.53. The molecule has 0 saturated carbocycles. The van der Waals surface area contributed by atoms with Crippen molar-refractivity contribution in [3.05, 3.63) is 66.0 Å². The van der Waals surface area contributed by atoms with Crippen LogP contribution in [0.2, 0.25) is 0 Å². The fourth-order valence-electron chi connectivity index (χ4n) is 2.10. The summed E-state index contributed by atoms with van der Waals surface area (Å²) in [5.74, 6) is 2.07. The lowest BCUT2D eigenvalue weighted by atomic mass is 10.1. The molecule has 0 aliphatic heterocycles. The average Bonchev–Trinajstić information content (AvgIpc) is 3.05. The topological polar surface area (TPSA) is 76.8 Å². The van der Waals surface area contributed by atoms with Gasteiger partial charge in [-0.3, -0.25) is 5.10 Å². The molecular formula is C16H16N4O. The minimum Gasteiger partial charge on any atom is -0.497 e. The van der Waals surface area contributed by atoms with E-state index in [0.717, 1.165) is 16.9 Å². The van der Waals surface area contributed by atoms with Crippen LogP contribution in [0.25, 0.3) is 11.4 Å². The third-order valence-electron chi connectivity index (χ3n) is 3.30. The summed E-state index contributed by atoms with van der Waals surface area (Å²) in [6.07, 6.45) is 0. The Bertz CT molecular complexity index is 707. The van der Waals surface area contributed by atoms with Crippen LogP contribution >= 0.6 is 0 Å². The van der Waals surface area contributed by atoms with E-state index < -0.39 is 0 Å². The fraction of sp³-hybridized carbons (Fsp3) is 0.125. The van der Waals surface area contributed by atoms with Gasteiger partial charge in [0.1, 0.15) is 11.6 Å². The van der Waals surface area contributed by atoms with E-state index in [4.69, 9.17) is 10.5 Å². The molecule has 3 aromatic rings. The van der Waals surface area contributed by atoms with Gasteiger partial charge in [0, 0.05) is 5.56 Å². The molecule has 0 saturated heterocycles. The van der Waals surface area contributed by atoms with Gasteiger partial charge in [-0.05, 0) is 29.8 Å². The van der Waals surface area contributed by atoms with E-state index in [9.17, 15) is 0 Å². The molecule has 0 fully saturated rings. The molecule has 3 N–H and O–H groups in total. The standard InChI is InChI=1S/C16H16N4O/c1-21-13-9-7-12(8-10-13)15-18-16(20-19-15)14(17)11-5-3-2-4-6-11/h2-10,14H,17H2,1H3,(H,18,19,20)/t14-/m1/s1. The Balaban J connectivity index is 1.85. The lowest BCUT2D eigenvalue weighted by molar-refractivity contribution is 0.415. The molecule has 0 amide bonds. The highest BCUT2D eigenvalue weighted by Gasteiger charge is 2.14. The smallest absolute Gasteiger partial charge is 0.181 e. The predicted molar refractivity (Wildman–Crippen MR) is 80.8 cm³/mol. The van der Waals surface area contributed by atoms with Gasteiger partial charge in [0.25, 0.3) is 0 Å². The molecule has 21 heavy (non-hydrogen) atoms. The van der Waals surface area contributed by atoms with E-state index in [2.05, 4.69) is 15.2 Å². The third kappa shape index (κ3) is 2.78. The maximum atomic E-state index is 6.20. The monoisotopic (exact) mass is 280 g/mol. The maximum absolute atomic E-state index is 6.20. The van der Waals surface area contributed by atoms with Crippen molar-refractivity contribution >= 4 is 0 Å². The summed E-state index contributed by atoms with van der Waals surface area (Å²) in [5.41, 5.74) is 8.11. The molecule has 1 aromatic heterocycles. The van der Waals surface area contributed by atoms with Crippen LogP contribution in [0.5, 0.6) is 5.75 Å². The Kier molecular flexibility index (Phi) is 3.66. The maximum Gasteiger partial charge on any atom is 0.181 e. The van der Waals surface area contributed by atoms with Gasteiger partial charge >= 0.3 is 0 Å². The van der Waals surface area contributed by atoms with Gasteiger partial charge in [0.2, 0.25) is 0 Å². The minimum absolute atomic E-state index is 0.314. The summed E-state index contributed by atoms with van der Waals surface area (Å²) >= 11 is 0. The molecule has 5 nitrogen and oxygen atoms in total. The Morgan fingerprint density at radius 3 is 2.43 bits per heavy atom. The number of hydrogen-bond donors (Lipinski definition) is 2. The van der Waals surface area contributed by atoms with Crippen molar-refractivity contribution in [2.75, 3.05) is 7.11 Å². The molecule has 5 heteroatoms. The van der Waals surface area contributed by atoms with Crippen LogP contribution in [0.15, 0.2) is 54.6 Å². The van der Waals surface area contributed by atoms with Gasteiger partial charge in [-0.2, -0.15) is 5.10 Å². The number of hydrogen-bond acceptors (Lipinski definition) is 4. The van der Waals surface area contributed by atoms with Gasteiger partial charge in [-0.1, -0.05) is 30.3 Å². The summed E-state index contributed by atoms with van der Waals surface area (Å²) in [5, 5.41) is 7.15. The fourth-order valence-corrected chi connectivity index (χ4v) is 2.10. The third-order valence-corrected chi connectivity index (χ3v) is 3.30. The van der Waals surface area contributed by atoms with Crippen molar-refractivity contribution in [1.29, 1.82) is 0 Å². The highest BCUT2D eigenvalue weighted by atomic mass is 16.5. The van der Waals surface area contributed by atoms with Crippen molar-refractivity contribution in [1.82, 2.24) is 15.2 Å². The van der Waals surface area contributed by atoms with Gasteiger partial charge in [-0.25, -0.2) is 4.98 Å². The Labute approximate surface area is 122 Å². The van der Waals surface area contributed by atoms with E-state index >= 15 is 0 Å². The normalized spacial score (nSPS) is 12.1. The highest BCUT2D eigenvalue weighted by molar-refractivity contribution is 5.56. The largest absolute Gasteiger partial charge is 0.497 e. The molecule has 0 radical (unpaired) electrons. The summed E-state index contributed by atoms with van der Waals surface area (Å²) in [7, 11) is 1.64. The molecule has 3 rings (SSSR count). The summed E-state index contributed by atoms with van der Waals surface area (Å²) in [6.45, 7) is 0. The quantitative estimate of drug-likeness (QED) is 0.770. The number of H-pyrrole nitrogens is 1. The van der Waals surface area contributed by atoms with Gasteiger partial charge < -0.3 is 10.5 Å². The van der Waals surface area contributed by atoms with Crippen LogP contribution in [-0.4, -0.2) is 22.3 Å². The van der Waals surface area contributed by atoms with E-state index in [1.54, 1.807) is 7.11 Å². The molecule has 0 unspecified atom stereocenters. The second-order valence-corrected chi connectivity index (χ2v) is 4.66. The van der Waals surface area contributed by atoms with Crippen molar-refractivity contribution in [2.24, 2.45) is 5.73 Å². The first-order valence-corrected chi connectivity index (χ1v) is 6.65. The van der Waals surface area contributed by atoms with Gasteiger partial charge in [0.15, 0.2) is 5.82 Å². The zero-order valence-electron chi connectivity index (χ0n) is 11.7. The molecule has 2 aromatic carbocycles. The molecule has 1 heterocycles. The lowest BCUT2D eigenvalue weighted by Crippen LogP contribution is -2.13. The zero-order chi connectivity index (χ0) is 14.7. The summed E-state index contributed by atoms with van der Waals surface area (Å²) in [6, 6.07) is 17.1. The van der Waals surface area contributed by atoms with E-state index in [0.29, 0.717) is 11.6 Å². The summed E-state index contributed by atoms with van der Waals surface area (Å²) in [4.78, 5) is 4.48. The van der Waals surface area contributed by atoms with Crippen LogP contribution in [0.1, 0.15) is 17.4 Å². The number of nitrogens with two attached hydrogens (primary N) is 1. The zero-order valence-corrected chi connectivity index (χ0v) is 11.7. The Morgan fingerprint density at radius 1 is 1.05 bits per heavy atom. The van der Waals surface area contributed by atoms with Crippen LogP contribution < -0.4 is 10.5 Å². The number of rotatable bonds is 4. The average molecular weight is 280 g/mol. The molecule has 0 spiro atoms. The minimum atomic E-state index is -0.314. The van der Waals surface area contributed by atoms with Crippen molar-refractivity contribution < 1.29 is 4.74 Å². The van der Waals surface area contributed by atoms with E-state index in [-0.39, 0.29) is 6.04 Å². The molecule has 0 aliphatic carbocycles. The Hall–Kier alpha value is -2.66. The van der Waals surface area contributed by atoms with Crippen LogP contribution in [0.4, 0.5) is 0 Å². The van der Waals surface area contributed by atoms with Gasteiger partial charge in [-0.15, -0.1) is 0 Å².